The van der Waals surface area contributed by atoms with Gasteiger partial charge in [-0.2, -0.15) is 0 Å². The van der Waals surface area contributed by atoms with Crippen LogP contribution >= 0.6 is 0 Å². The lowest BCUT2D eigenvalue weighted by atomic mass is 9.74. The Bertz CT molecular complexity index is 191. The van der Waals surface area contributed by atoms with E-state index in [4.69, 9.17) is 5.73 Å². The summed E-state index contributed by atoms with van der Waals surface area (Å²) < 4.78 is 0. The summed E-state index contributed by atoms with van der Waals surface area (Å²) in [6.07, 6.45) is 13.9. The van der Waals surface area contributed by atoms with Gasteiger partial charge >= 0.3 is 0 Å². The smallest absolute Gasteiger partial charge is 0.0648 e. The fourth-order valence-electron chi connectivity index (χ4n) is 3.45. The maximum Gasteiger partial charge on any atom is 0.0648 e. The Hall–Kier alpha value is -0.0800. The molecule has 3 N–H and O–H groups in total. The molecule has 0 atom stereocenters. The number of nitrogens with two attached hydrogens (primary N) is 1. The Labute approximate surface area is 99.6 Å². The Morgan fingerprint density at radius 1 is 0.750 bits per heavy atom. The monoisotopic (exact) mass is 225 g/mol. The molecule has 0 aromatic carbocycles. The van der Waals surface area contributed by atoms with Crippen LogP contribution in [0, 0.1) is 0 Å². The normalized spacial score (nSPS) is 28.9. The molecule has 0 radical (unpaired) electrons. The summed E-state index contributed by atoms with van der Waals surface area (Å²) in [6.45, 7) is 0. The van der Waals surface area contributed by atoms with Crippen LogP contribution in [0.15, 0.2) is 0 Å². The van der Waals surface area contributed by atoms with Crippen LogP contribution < -0.4 is 5.73 Å². The number of hydrogen-bond donors (Lipinski definition) is 2. The van der Waals surface area contributed by atoms with Crippen molar-refractivity contribution in [2.24, 2.45) is 5.73 Å². The molecule has 2 rings (SSSR count). The molecule has 0 bridgehead atoms. The highest BCUT2D eigenvalue weighted by Crippen LogP contribution is 2.36. The standard InChI is InChI=1S/C14H27NO/c15-13(7-3-1-4-8-13)11-12-14(16)9-5-2-6-10-14/h16H,1-12,15H2. The molecule has 0 aromatic heterocycles. The number of rotatable bonds is 3. The molecule has 2 aliphatic carbocycles. The largest absolute Gasteiger partial charge is 0.390 e. The van der Waals surface area contributed by atoms with Gasteiger partial charge in [0.15, 0.2) is 0 Å². The summed E-state index contributed by atoms with van der Waals surface area (Å²) in [7, 11) is 0. The lowest BCUT2D eigenvalue weighted by Crippen LogP contribution is -2.44. The summed E-state index contributed by atoms with van der Waals surface area (Å²) in [5.74, 6) is 0. The minimum atomic E-state index is -0.373. The summed E-state index contributed by atoms with van der Waals surface area (Å²) >= 11 is 0. The molecule has 2 aliphatic rings. The lowest BCUT2D eigenvalue weighted by molar-refractivity contribution is -0.0120. The maximum absolute atomic E-state index is 10.5. The molecule has 2 nitrogen and oxygen atoms in total. The van der Waals surface area contributed by atoms with Crippen LogP contribution in [-0.2, 0) is 0 Å². The summed E-state index contributed by atoms with van der Waals surface area (Å²) in [5.41, 5.74) is 6.10. The zero-order valence-electron chi connectivity index (χ0n) is 10.5. The van der Waals surface area contributed by atoms with Crippen molar-refractivity contribution in [1.82, 2.24) is 0 Å². The highest BCUT2D eigenvalue weighted by atomic mass is 16.3. The molecule has 94 valence electrons. The third kappa shape index (κ3) is 3.21. The average Bonchev–Trinajstić information content (AvgIpc) is 2.29. The van der Waals surface area contributed by atoms with E-state index in [9.17, 15) is 5.11 Å². The summed E-state index contributed by atoms with van der Waals surface area (Å²) in [4.78, 5) is 0. The minimum Gasteiger partial charge on any atom is -0.390 e. The quantitative estimate of drug-likeness (QED) is 0.775. The Balaban J connectivity index is 1.80. The fraction of sp³-hybridized carbons (Fsp3) is 1.00. The van der Waals surface area contributed by atoms with E-state index in [2.05, 4.69) is 0 Å². The average molecular weight is 225 g/mol. The van der Waals surface area contributed by atoms with Crippen molar-refractivity contribution in [2.75, 3.05) is 0 Å². The zero-order valence-corrected chi connectivity index (χ0v) is 10.5. The molecule has 0 aliphatic heterocycles. The van der Waals surface area contributed by atoms with Crippen molar-refractivity contribution in [2.45, 2.75) is 88.2 Å². The van der Waals surface area contributed by atoms with Crippen LogP contribution in [0.5, 0.6) is 0 Å². The van der Waals surface area contributed by atoms with Gasteiger partial charge in [0.1, 0.15) is 0 Å². The van der Waals surface area contributed by atoms with E-state index in [-0.39, 0.29) is 11.1 Å². The van der Waals surface area contributed by atoms with E-state index >= 15 is 0 Å². The molecule has 0 heterocycles. The molecule has 0 unspecified atom stereocenters. The third-order valence-electron chi connectivity index (χ3n) is 4.72. The maximum atomic E-state index is 10.5. The molecule has 2 saturated carbocycles. The molecule has 0 amide bonds. The molecule has 0 saturated heterocycles. The second-order valence-electron chi connectivity index (χ2n) is 6.21. The zero-order chi connectivity index (χ0) is 11.5. The molecule has 2 fully saturated rings. The first-order valence-corrected chi connectivity index (χ1v) is 7.13. The fourth-order valence-corrected chi connectivity index (χ4v) is 3.45. The van der Waals surface area contributed by atoms with Gasteiger partial charge in [-0.05, 0) is 38.5 Å². The molecule has 16 heavy (non-hydrogen) atoms. The Morgan fingerprint density at radius 2 is 1.25 bits per heavy atom. The van der Waals surface area contributed by atoms with Gasteiger partial charge in [-0.15, -0.1) is 0 Å². The van der Waals surface area contributed by atoms with Crippen LogP contribution in [0.2, 0.25) is 0 Å². The van der Waals surface area contributed by atoms with Crippen LogP contribution in [0.1, 0.15) is 77.0 Å². The van der Waals surface area contributed by atoms with Crippen LogP contribution in [-0.4, -0.2) is 16.2 Å². The summed E-state index contributed by atoms with van der Waals surface area (Å²) in [6, 6.07) is 0. The van der Waals surface area contributed by atoms with Crippen LogP contribution in [0.25, 0.3) is 0 Å². The van der Waals surface area contributed by atoms with Crippen molar-refractivity contribution in [1.29, 1.82) is 0 Å². The second kappa shape index (κ2) is 5.05. The molecular formula is C14H27NO. The van der Waals surface area contributed by atoms with Gasteiger partial charge in [0, 0.05) is 5.54 Å². The Kier molecular flexibility index (Phi) is 3.91. The summed E-state index contributed by atoms with van der Waals surface area (Å²) in [5, 5.41) is 10.5. The first-order chi connectivity index (χ1) is 7.62. The van der Waals surface area contributed by atoms with Gasteiger partial charge in [0.2, 0.25) is 0 Å². The lowest BCUT2D eigenvalue weighted by Gasteiger charge is -2.38. The second-order valence-corrected chi connectivity index (χ2v) is 6.21. The van der Waals surface area contributed by atoms with E-state index < -0.39 is 0 Å². The Morgan fingerprint density at radius 3 is 1.81 bits per heavy atom. The SMILES string of the molecule is NC1(CCC2(O)CCCCC2)CCCCC1. The van der Waals surface area contributed by atoms with Crippen molar-refractivity contribution in [3.63, 3.8) is 0 Å². The third-order valence-corrected chi connectivity index (χ3v) is 4.72. The van der Waals surface area contributed by atoms with Crippen molar-refractivity contribution < 1.29 is 5.11 Å². The van der Waals surface area contributed by atoms with Crippen molar-refractivity contribution in [3.05, 3.63) is 0 Å². The molecule has 0 aromatic rings. The van der Waals surface area contributed by atoms with Gasteiger partial charge < -0.3 is 10.8 Å². The van der Waals surface area contributed by atoms with Crippen LogP contribution in [0.4, 0.5) is 0 Å². The van der Waals surface area contributed by atoms with Crippen LogP contribution in [0.3, 0.4) is 0 Å². The first kappa shape index (κ1) is 12.4. The number of hydrogen-bond acceptors (Lipinski definition) is 2. The molecule has 0 spiro atoms. The molecular weight excluding hydrogens is 198 g/mol. The van der Waals surface area contributed by atoms with Gasteiger partial charge in [0.25, 0.3) is 0 Å². The van der Waals surface area contributed by atoms with E-state index in [1.807, 2.05) is 0 Å². The van der Waals surface area contributed by atoms with E-state index in [1.165, 1.54) is 51.4 Å². The van der Waals surface area contributed by atoms with Crippen molar-refractivity contribution in [3.8, 4) is 0 Å². The number of aliphatic hydroxyl groups is 1. The highest BCUT2D eigenvalue weighted by molar-refractivity contribution is 4.91. The predicted octanol–water partition coefficient (Wildman–Crippen LogP) is 3.12. The topological polar surface area (TPSA) is 46.2 Å². The highest BCUT2D eigenvalue weighted by Gasteiger charge is 2.34. The van der Waals surface area contributed by atoms with E-state index in [0.29, 0.717) is 0 Å². The van der Waals surface area contributed by atoms with Gasteiger partial charge in [-0.1, -0.05) is 38.5 Å². The van der Waals surface area contributed by atoms with Gasteiger partial charge in [0.05, 0.1) is 5.60 Å². The van der Waals surface area contributed by atoms with Gasteiger partial charge in [-0.3, -0.25) is 0 Å². The van der Waals surface area contributed by atoms with Crippen molar-refractivity contribution >= 4 is 0 Å². The van der Waals surface area contributed by atoms with E-state index in [0.717, 1.165) is 25.7 Å². The first-order valence-electron chi connectivity index (χ1n) is 7.13. The van der Waals surface area contributed by atoms with Gasteiger partial charge in [-0.25, -0.2) is 0 Å². The van der Waals surface area contributed by atoms with E-state index in [1.54, 1.807) is 0 Å². The molecule has 2 heteroatoms. The predicted molar refractivity (Wildman–Crippen MR) is 67.3 cm³/mol. The minimum absolute atomic E-state index is 0.0471.